The van der Waals surface area contributed by atoms with Gasteiger partial charge >= 0.3 is 0 Å². The van der Waals surface area contributed by atoms with Crippen LogP contribution in [0.15, 0.2) is 79.1 Å². The minimum absolute atomic E-state index is 0.0904. The van der Waals surface area contributed by atoms with Crippen molar-refractivity contribution >= 4 is 22.9 Å². The number of benzene rings is 2. The molecule has 29 heavy (non-hydrogen) atoms. The van der Waals surface area contributed by atoms with Crippen molar-refractivity contribution in [2.24, 2.45) is 0 Å². The SMILES string of the molecule is O=C(Nc1cccc([N+](=O)[O-])c1)c1cccc(OCc2cn3ccccc3n2)c1. The molecule has 2 aromatic heterocycles. The number of carbonyl (C=O) groups excluding carboxylic acids is 1. The fourth-order valence-electron chi connectivity index (χ4n) is 2.84. The van der Waals surface area contributed by atoms with Crippen molar-refractivity contribution in [3.05, 3.63) is 100 Å². The van der Waals surface area contributed by atoms with Crippen LogP contribution in [0.2, 0.25) is 0 Å². The number of pyridine rings is 1. The Labute approximate surface area is 165 Å². The first-order chi connectivity index (χ1) is 14.1. The molecule has 1 N–H and O–H groups in total. The number of anilines is 1. The molecule has 0 saturated carbocycles. The standard InChI is InChI=1S/C21H16N4O4/c26-21(23-16-6-4-7-18(12-16)25(27)28)15-5-3-8-19(11-15)29-14-17-13-24-10-2-1-9-20(24)22-17/h1-13H,14H2,(H,23,26). The van der Waals surface area contributed by atoms with Crippen LogP contribution in [0.25, 0.3) is 5.65 Å². The molecular formula is C21H16N4O4. The van der Waals surface area contributed by atoms with Gasteiger partial charge in [-0.1, -0.05) is 18.2 Å². The monoisotopic (exact) mass is 388 g/mol. The van der Waals surface area contributed by atoms with E-state index in [-0.39, 0.29) is 18.2 Å². The molecule has 0 saturated heterocycles. The van der Waals surface area contributed by atoms with Crippen LogP contribution in [0.4, 0.5) is 11.4 Å². The van der Waals surface area contributed by atoms with Crippen molar-refractivity contribution in [2.75, 3.05) is 5.32 Å². The van der Waals surface area contributed by atoms with Gasteiger partial charge in [0.25, 0.3) is 11.6 Å². The summed E-state index contributed by atoms with van der Waals surface area (Å²) in [6.45, 7) is 0.262. The maximum Gasteiger partial charge on any atom is 0.271 e. The lowest BCUT2D eigenvalue weighted by Gasteiger charge is -2.08. The summed E-state index contributed by atoms with van der Waals surface area (Å²) in [6.07, 6.45) is 3.79. The molecule has 0 atom stereocenters. The second kappa shape index (κ2) is 7.81. The van der Waals surface area contributed by atoms with Gasteiger partial charge in [-0.05, 0) is 36.4 Å². The van der Waals surface area contributed by atoms with E-state index in [1.54, 1.807) is 30.3 Å². The summed E-state index contributed by atoms with van der Waals surface area (Å²) in [6, 6.07) is 18.2. The van der Waals surface area contributed by atoms with Gasteiger partial charge in [0, 0.05) is 35.8 Å². The lowest BCUT2D eigenvalue weighted by atomic mass is 10.2. The van der Waals surface area contributed by atoms with Crippen LogP contribution in [-0.2, 0) is 6.61 Å². The number of non-ortho nitro benzene ring substituents is 1. The van der Waals surface area contributed by atoms with E-state index in [1.165, 1.54) is 18.2 Å². The molecule has 0 bridgehead atoms. The summed E-state index contributed by atoms with van der Waals surface area (Å²) in [4.78, 5) is 27.3. The number of nitrogens with one attached hydrogen (secondary N) is 1. The van der Waals surface area contributed by atoms with Gasteiger partial charge in [0.15, 0.2) is 0 Å². The van der Waals surface area contributed by atoms with Gasteiger partial charge in [-0.25, -0.2) is 4.98 Å². The lowest BCUT2D eigenvalue weighted by Crippen LogP contribution is -2.12. The Morgan fingerprint density at radius 2 is 1.97 bits per heavy atom. The number of hydrogen-bond donors (Lipinski definition) is 1. The van der Waals surface area contributed by atoms with E-state index in [2.05, 4.69) is 10.3 Å². The summed E-state index contributed by atoms with van der Waals surface area (Å²) >= 11 is 0. The van der Waals surface area contributed by atoms with Crippen LogP contribution in [0.3, 0.4) is 0 Å². The Bertz CT molecular complexity index is 1170. The number of fused-ring (bicyclic) bond motifs is 1. The van der Waals surface area contributed by atoms with Crippen LogP contribution in [0.5, 0.6) is 5.75 Å². The Hall–Kier alpha value is -4.20. The number of amides is 1. The number of aromatic nitrogens is 2. The van der Waals surface area contributed by atoms with Crippen molar-refractivity contribution in [2.45, 2.75) is 6.61 Å². The van der Waals surface area contributed by atoms with E-state index in [4.69, 9.17) is 4.74 Å². The molecule has 2 heterocycles. The molecule has 0 aliphatic heterocycles. The number of rotatable bonds is 6. The summed E-state index contributed by atoms with van der Waals surface area (Å²) in [5, 5.41) is 13.5. The van der Waals surface area contributed by atoms with Crippen molar-refractivity contribution in [1.82, 2.24) is 9.38 Å². The number of imidazole rings is 1. The van der Waals surface area contributed by atoms with Gasteiger partial charge in [0.1, 0.15) is 18.0 Å². The zero-order valence-electron chi connectivity index (χ0n) is 15.2. The molecule has 0 aliphatic rings. The first kappa shape index (κ1) is 18.2. The van der Waals surface area contributed by atoms with Crippen molar-refractivity contribution in [1.29, 1.82) is 0 Å². The quantitative estimate of drug-likeness (QED) is 0.396. The minimum atomic E-state index is -0.510. The topological polar surface area (TPSA) is 98.8 Å². The molecule has 0 unspecified atom stereocenters. The molecule has 0 aliphatic carbocycles. The van der Waals surface area contributed by atoms with Crippen LogP contribution in [0.1, 0.15) is 16.1 Å². The van der Waals surface area contributed by atoms with Crippen molar-refractivity contribution in [3.63, 3.8) is 0 Å². The molecule has 4 rings (SSSR count). The average Bonchev–Trinajstić information content (AvgIpc) is 3.16. The molecule has 144 valence electrons. The highest BCUT2D eigenvalue weighted by molar-refractivity contribution is 6.04. The summed E-state index contributed by atoms with van der Waals surface area (Å²) in [5.74, 6) is 0.137. The maximum atomic E-state index is 12.5. The Morgan fingerprint density at radius 3 is 2.79 bits per heavy atom. The van der Waals surface area contributed by atoms with E-state index in [9.17, 15) is 14.9 Å². The molecule has 0 fully saturated rings. The number of ether oxygens (including phenoxy) is 1. The van der Waals surface area contributed by atoms with E-state index in [1.807, 2.05) is 35.0 Å². The molecule has 0 spiro atoms. The number of carbonyl (C=O) groups is 1. The summed E-state index contributed by atoms with van der Waals surface area (Å²) in [5.41, 5.74) is 2.23. The highest BCUT2D eigenvalue weighted by atomic mass is 16.6. The number of nitro groups is 1. The van der Waals surface area contributed by atoms with Gasteiger partial charge in [-0.15, -0.1) is 0 Å². The van der Waals surface area contributed by atoms with Gasteiger partial charge in [0.05, 0.1) is 10.6 Å². The molecule has 8 nitrogen and oxygen atoms in total. The highest BCUT2D eigenvalue weighted by Gasteiger charge is 2.11. The first-order valence-electron chi connectivity index (χ1n) is 8.80. The third-order valence-electron chi connectivity index (χ3n) is 4.21. The van der Waals surface area contributed by atoms with E-state index < -0.39 is 4.92 Å². The fraction of sp³-hybridized carbons (Fsp3) is 0.0476. The Morgan fingerprint density at radius 1 is 1.10 bits per heavy atom. The molecule has 0 radical (unpaired) electrons. The number of nitrogens with zero attached hydrogens (tertiary/aromatic N) is 3. The normalized spacial score (nSPS) is 10.6. The highest BCUT2D eigenvalue weighted by Crippen LogP contribution is 2.20. The molecule has 8 heteroatoms. The van der Waals surface area contributed by atoms with Gasteiger partial charge < -0.3 is 14.5 Å². The van der Waals surface area contributed by atoms with Crippen LogP contribution < -0.4 is 10.1 Å². The van der Waals surface area contributed by atoms with E-state index in [0.717, 1.165) is 11.3 Å². The van der Waals surface area contributed by atoms with Crippen molar-refractivity contribution < 1.29 is 14.5 Å². The minimum Gasteiger partial charge on any atom is -0.487 e. The lowest BCUT2D eigenvalue weighted by molar-refractivity contribution is -0.384. The predicted octanol–water partition coefficient (Wildman–Crippen LogP) is 4.07. The summed E-state index contributed by atoms with van der Waals surface area (Å²) < 4.78 is 7.67. The maximum absolute atomic E-state index is 12.5. The molecule has 1 amide bonds. The Kier molecular flexibility index (Phi) is 4.90. The molecular weight excluding hydrogens is 372 g/mol. The fourth-order valence-corrected chi connectivity index (χ4v) is 2.84. The number of hydrogen-bond acceptors (Lipinski definition) is 5. The zero-order chi connectivity index (χ0) is 20.2. The van der Waals surface area contributed by atoms with Crippen LogP contribution in [0, 0.1) is 10.1 Å². The smallest absolute Gasteiger partial charge is 0.271 e. The molecule has 4 aromatic rings. The van der Waals surface area contributed by atoms with Gasteiger partial charge in [-0.2, -0.15) is 0 Å². The number of nitro benzene ring substituents is 1. The second-order valence-electron chi connectivity index (χ2n) is 6.28. The summed E-state index contributed by atoms with van der Waals surface area (Å²) in [7, 11) is 0. The first-order valence-corrected chi connectivity index (χ1v) is 8.80. The van der Waals surface area contributed by atoms with Gasteiger partial charge in [-0.3, -0.25) is 14.9 Å². The predicted molar refractivity (Wildman–Crippen MR) is 107 cm³/mol. The van der Waals surface area contributed by atoms with Crippen LogP contribution in [-0.4, -0.2) is 20.2 Å². The van der Waals surface area contributed by atoms with Crippen LogP contribution >= 0.6 is 0 Å². The zero-order valence-corrected chi connectivity index (χ0v) is 15.2. The molecule has 2 aromatic carbocycles. The Balaban J connectivity index is 1.44. The van der Waals surface area contributed by atoms with E-state index >= 15 is 0 Å². The second-order valence-corrected chi connectivity index (χ2v) is 6.28. The third kappa shape index (κ3) is 4.22. The largest absolute Gasteiger partial charge is 0.487 e. The third-order valence-corrected chi connectivity index (χ3v) is 4.21. The average molecular weight is 388 g/mol. The van der Waals surface area contributed by atoms with E-state index in [0.29, 0.717) is 17.0 Å². The van der Waals surface area contributed by atoms with Gasteiger partial charge in [0.2, 0.25) is 0 Å². The van der Waals surface area contributed by atoms with Crippen molar-refractivity contribution in [3.8, 4) is 5.75 Å².